The predicted molar refractivity (Wildman–Crippen MR) is 95.3 cm³/mol. The molecule has 6 nitrogen and oxygen atoms in total. The molecule has 1 heterocycles. The molecule has 1 aromatic rings. The Hall–Kier alpha value is -2.37. The average molecular weight is 318 g/mol. The monoisotopic (exact) mass is 318 g/mol. The Morgan fingerprint density at radius 3 is 2.48 bits per heavy atom. The number of carbonyl (C=O) groups excluding carboxylic acids is 2. The molecule has 0 aliphatic carbocycles. The van der Waals surface area contributed by atoms with E-state index < -0.39 is 6.03 Å². The van der Waals surface area contributed by atoms with Crippen LogP contribution in [0, 0.1) is 0 Å². The Morgan fingerprint density at radius 1 is 1.30 bits per heavy atom. The molecule has 126 valence electrons. The lowest BCUT2D eigenvalue weighted by molar-refractivity contribution is -0.120. The summed E-state index contributed by atoms with van der Waals surface area (Å²) in [5.74, 6) is 0.125. The summed E-state index contributed by atoms with van der Waals surface area (Å²) < 4.78 is 0. The van der Waals surface area contributed by atoms with Gasteiger partial charge in [0.2, 0.25) is 5.91 Å². The zero-order valence-corrected chi connectivity index (χ0v) is 14.6. The van der Waals surface area contributed by atoms with Crippen molar-refractivity contribution in [1.29, 1.82) is 0 Å². The molecule has 0 atom stereocenters. The van der Waals surface area contributed by atoms with Gasteiger partial charge in [-0.2, -0.15) is 5.10 Å². The highest BCUT2D eigenvalue weighted by Crippen LogP contribution is 2.33. The van der Waals surface area contributed by atoms with Crippen LogP contribution in [0.5, 0.6) is 0 Å². The number of hydrogen-bond acceptors (Lipinski definition) is 4. The summed E-state index contributed by atoms with van der Waals surface area (Å²) in [6.45, 7) is 12.1. The van der Waals surface area contributed by atoms with Crippen LogP contribution in [0.25, 0.3) is 0 Å². The van der Waals surface area contributed by atoms with Crippen LogP contribution in [0.3, 0.4) is 0 Å². The summed E-state index contributed by atoms with van der Waals surface area (Å²) in [4.78, 5) is 24.8. The number of hydrogen-bond donors (Lipinski definition) is 1. The molecule has 1 aromatic carbocycles. The molecule has 6 heteroatoms. The van der Waals surface area contributed by atoms with Crippen LogP contribution in [-0.2, 0) is 4.79 Å². The maximum atomic E-state index is 12.0. The average Bonchev–Trinajstić information content (AvgIpc) is 2.55. The summed E-state index contributed by atoms with van der Waals surface area (Å²) in [6.07, 6.45) is 0.294. The third kappa shape index (κ3) is 4.31. The highest BCUT2D eigenvalue weighted by molar-refractivity contribution is 6.07. The molecular formula is C17H26N4O2. The van der Waals surface area contributed by atoms with Crippen LogP contribution < -0.4 is 15.2 Å². The Labute approximate surface area is 138 Å². The van der Waals surface area contributed by atoms with Crippen molar-refractivity contribution in [3.63, 3.8) is 0 Å². The van der Waals surface area contributed by atoms with Crippen LogP contribution in [-0.4, -0.2) is 32.2 Å². The zero-order chi connectivity index (χ0) is 17.6. The van der Waals surface area contributed by atoms with Gasteiger partial charge in [-0.25, -0.2) is 4.79 Å². The molecule has 1 fully saturated rings. The van der Waals surface area contributed by atoms with Gasteiger partial charge in [0.1, 0.15) is 0 Å². The number of anilines is 2. The summed E-state index contributed by atoms with van der Waals surface area (Å²) in [5.41, 5.74) is 2.66. The maximum Gasteiger partial charge on any atom is 0.328 e. The first-order valence-corrected chi connectivity index (χ1v) is 7.89. The largest absolute Gasteiger partial charge is 0.328 e. The first kappa shape index (κ1) is 18.7. The van der Waals surface area contributed by atoms with Gasteiger partial charge in [-0.3, -0.25) is 20.0 Å². The molecule has 2 rings (SSSR count). The second-order valence-corrected chi connectivity index (χ2v) is 5.32. The van der Waals surface area contributed by atoms with E-state index in [9.17, 15) is 9.59 Å². The highest BCUT2D eigenvalue weighted by Gasteiger charge is 2.27. The van der Waals surface area contributed by atoms with Crippen molar-refractivity contribution in [1.82, 2.24) is 5.32 Å². The summed E-state index contributed by atoms with van der Waals surface area (Å²) in [6, 6.07) is 5.48. The second kappa shape index (κ2) is 8.31. The minimum Gasteiger partial charge on any atom is -0.291 e. The molecule has 3 amide bonds. The zero-order valence-electron chi connectivity index (χ0n) is 14.6. The van der Waals surface area contributed by atoms with Gasteiger partial charge in [-0.15, -0.1) is 0 Å². The van der Waals surface area contributed by atoms with Crippen molar-refractivity contribution >= 4 is 30.0 Å². The molecule has 1 aliphatic heterocycles. The van der Waals surface area contributed by atoms with Crippen molar-refractivity contribution in [2.24, 2.45) is 5.10 Å². The van der Waals surface area contributed by atoms with Gasteiger partial charge in [-0.05, 0) is 23.6 Å². The number of rotatable bonds is 4. The lowest BCUT2D eigenvalue weighted by Crippen LogP contribution is -2.49. The van der Waals surface area contributed by atoms with E-state index >= 15 is 0 Å². The van der Waals surface area contributed by atoms with Gasteiger partial charge in [0.05, 0.1) is 11.4 Å². The first-order valence-electron chi connectivity index (χ1n) is 7.89. The van der Waals surface area contributed by atoms with E-state index in [4.69, 9.17) is 0 Å². The van der Waals surface area contributed by atoms with Crippen molar-refractivity contribution in [3.8, 4) is 0 Å². The Kier molecular flexibility index (Phi) is 6.75. The van der Waals surface area contributed by atoms with Gasteiger partial charge >= 0.3 is 6.03 Å². The van der Waals surface area contributed by atoms with Crippen LogP contribution in [0.15, 0.2) is 23.3 Å². The number of urea groups is 1. The number of nitrogens with zero attached hydrogens (tertiary/aromatic N) is 3. The van der Waals surface area contributed by atoms with Crippen LogP contribution in [0.4, 0.5) is 16.2 Å². The Balaban J connectivity index is 0.00000127. The van der Waals surface area contributed by atoms with Crippen LogP contribution in [0.2, 0.25) is 0 Å². The number of nitrogens with one attached hydrogen (secondary N) is 1. The van der Waals surface area contributed by atoms with E-state index in [0.29, 0.717) is 18.9 Å². The number of hydrazone groups is 1. The molecule has 1 saturated heterocycles. The fraction of sp³-hybridized carbons (Fsp3) is 0.471. The van der Waals surface area contributed by atoms with Crippen molar-refractivity contribution in [2.75, 3.05) is 23.5 Å². The van der Waals surface area contributed by atoms with Gasteiger partial charge in [0, 0.05) is 26.7 Å². The van der Waals surface area contributed by atoms with E-state index in [-0.39, 0.29) is 5.91 Å². The number of benzene rings is 1. The quantitative estimate of drug-likeness (QED) is 0.684. The number of imide groups is 1. The SMILES string of the molecule is C=NN(C)c1cc(C(C)C)ccc1N1CCC(=O)NC1=O.CC. The van der Waals surface area contributed by atoms with E-state index in [0.717, 1.165) is 16.9 Å². The lowest BCUT2D eigenvalue weighted by Gasteiger charge is -2.30. The third-order valence-corrected chi connectivity index (χ3v) is 3.57. The van der Waals surface area contributed by atoms with Crippen LogP contribution >= 0.6 is 0 Å². The molecule has 0 bridgehead atoms. The molecule has 0 unspecified atom stereocenters. The Morgan fingerprint density at radius 2 is 1.96 bits per heavy atom. The summed E-state index contributed by atoms with van der Waals surface area (Å²) in [7, 11) is 1.78. The van der Waals surface area contributed by atoms with Gasteiger partial charge < -0.3 is 0 Å². The Bertz CT molecular complexity index is 584. The fourth-order valence-electron chi connectivity index (χ4n) is 2.26. The number of amides is 3. The van der Waals surface area contributed by atoms with Crippen molar-refractivity contribution in [2.45, 2.75) is 40.0 Å². The topological polar surface area (TPSA) is 65.0 Å². The van der Waals surface area contributed by atoms with E-state index in [2.05, 4.69) is 31.0 Å². The van der Waals surface area contributed by atoms with Crippen LogP contribution in [0.1, 0.15) is 45.6 Å². The number of carbonyl (C=O) groups is 2. The molecule has 0 radical (unpaired) electrons. The molecule has 1 aliphatic rings. The van der Waals surface area contributed by atoms with E-state index in [1.807, 2.05) is 32.0 Å². The minimum atomic E-state index is -0.401. The molecular weight excluding hydrogens is 292 g/mol. The minimum absolute atomic E-state index is 0.244. The maximum absolute atomic E-state index is 12.0. The standard InChI is InChI=1S/C15H20N4O2.C2H6/c1-10(2)11-5-6-12(13(9-11)18(4)16-3)19-8-7-14(20)17-15(19)21;1-2/h5-6,9-10H,3,7-8H2,1-2,4H3,(H,17,20,21);1-2H3. The normalized spacial score (nSPS) is 14.1. The summed E-state index contributed by atoms with van der Waals surface area (Å²) in [5, 5.41) is 7.88. The first-order chi connectivity index (χ1) is 10.9. The third-order valence-electron chi connectivity index (χ3n) is 3.57. The molecule has 0 aromatic heterocycles. The fourth-order valence-corrected chi connectivity index (χ4v) is 2.26. The predicted octanol–water partition coefficient (Wildman–Crippen LogP) is 3.33. The van der Waals surface area contributed by atoms with Crippen molar-refractivity contribution < 1.29 is 9.59 Å². The smallest absolute Gasteiger partial charge is 0.291 e. The molecule has 0 spiro atoms. The van der Waals surface area contributed by atoms with Crippen molar-refractivity contribution in [3.05, 3.63) is 23.8 Å². The van der Waals surface area contributed by atoms with Gasteiger partial charge in [-0.1, -0.05) is 33.8 Å². The van der Waals surface area contributed by atoms with Gasteiger partial charge in [0.15, 0.2) is 0 Å². The van der Waals surface area contributed by atoms with E-state index in [1.54, 1.807) is 17.0 Å². The van der Waals surface area contributed by atoms with E-state index in [1.165, 1.54) is 0 Å². The highest BCUT2D eigenvalue weighted by atomic mass is 16.2. The second-order valence-electron chi connectivity index (χ2n) is 5.32. The summed E-state index contributed by atoms with van der Waals surface area (Å²) >= 11 is 0. The van der Waals surface area contributed by atoms with Gasteiger partial charge in [0.25, 0.3) is 0 Å². The molecule has 0 saturated carbocycles. The molecule has 1 N–H and O–H groups in total. The molecule has 23 heavy (non-hydrogen) atoms. The lowest BCUT2D eigenvalue weighted by atomic mass is 10.0.